The van der Waals surface area contributed by atoms with Crippen LogP contribution in [0.4, 0.5) is 0 Å². The number of hydrogen-bond donors (Lipinski definition) is 2. The Balaban J connectivity index is 1.87. The van der Waals surface area contributed by atoms with E-state index >= 15 is 0 Å². The molecule has 0 saturated carbocycles. The van der Waals surface area contributed by atoms with Crippen molar-refractivity contribution in [3.63, 3.8) is 0 Å². The van der Waals surface area contributed by atoms with Gasteiger partial charge in [0, 0.05) is 28.6 Å². The van der Waals surface area contributed by atoms with Gasteiger partial charge in [-0.2, -0.15) is 5.10 Å². The Bertz CT molecular complexity index is 526. The second-order valence-electron chi connectivity index (χ2n) is 4.81. The van der Waals surface area contributed by atoms with Crippen molar-refractivity contribution in [1.29, 1.82) is 0 Å². The minimum Gasteiger partial charge on any atom is -0.352 e. The summed E-state index contributed by atoms with van der Waals surface area (Å²) >= 11 is 1.69. The summed E-state index contributed by atoms with van der Waals surface area (Å²) in [6, 6.07) is 4.08. The fourth-order valence-corrected chi connectivity index (χ4v) is 2.84. The maximum Gasteiger partial charge on any atom is 0.223 e. The number of aryl methyl sites for hydroxylation is 2. The first-order valence-electron chi connectivity index (χ1n) is 6.38. The summed E-state index contributed by atoms with van der Waals surface area (Å²) in [7, 11) is 0. The van der Waals surface area contributed by atoms with Gasteiger partial charge < -0.3 is 5.32 Å². The molecule has 0 unspecified atom stereocenters. The number of H-pyrrole nitrogens is 1. The summed E-state index contributed by atoms with van der Waals surface area (Å²) in [6.07, 6.45) is 0.798. The minimum absolute atomic E-state index is 0.00818. The van der Waals surface area contributed by atoms with Crippen molar-refractivity contribution in [2.45, 2.75) is 33.7 Å². The van der Waals surface area contributed by atoms with Gasteiger partial charge in [-0.15, -0.1) is 11.3 Å². The molecule has 1 amide bonds. The van der Waals surface area contributed by atoms with E-state index in [1.165, 1.54) is 4.88 Å². The molecule has 0 bridgehead atoms. The zero-order valence-electron chi connectivity index (χ0n) is 11.5. The molecule has 0 aromatic carbocycles. The number of carbonyl (C=O) groups is 1. The number of rotatable bonds is 5. The van der Waals surface area contributed by atoms with E-state index in [0.29, 0.717) is 6.54 Å². The molecule has 0 saturated heterocycles. The van der Waals surface area contributed by atoms with E-state index < -0.39 is 0 Å². The molecule has 2 N–H and O–H groups in total. The lowest BCUT2D eigenvalue weighted by Crippen LogP contribution is -2.30. The molecule has 2 heterocycles. The zero-order valence-corrected chi connectivity index (χ0v) is 12.3. The Labute approximate surface area is 117 Å². The Morgan fingerprint density at radius 3 is 2.89 bits per heavy atom. The van der Waals surface area contributed by atoms with E-state index in [1.54, 1.807) is 11.3 Å². The van der Waals surface area contributed by atoms with Gasteiger partial charge in [0.2, 0.25) is 5.91 Å². The smallest absolute Gasteiger partial charge is 0.223 e. The number of amides is 1. The van der Waals surface area contributed by atoms with Crippen LogP contribution in [0.2, 0.25) is 0 Å². The molecule has 0 aliphatic heterocycles. The molecular weight excluding hydrogens is 258 g/mol. The lowest BCUT2D eigenvalue weighted by molar-refractivity contribution is -0.124. The Hall–Kier alpha value is -1.62. The predicted octanol–water partition coefficient (Wildman–Crippen LogP) is 2.58. The first kappa shape index (κ1) is 13.8. The molecule has 0 radical (unpaired) electrons. The quantitative estimate of drug-likeness (QED) is 0.882. The number of aromatic amines is 1. The van der Waals surface area contributed by atoms with Gasteiger partial charge >= 0.3 is 0 Å². The zero-order chi connectivity index (χ0) is 13.8. The Morgan fingerprint density at radius 1 is 1.53 bits per heavy atom. The van der Waals surface area contributed by atoms with Gasteiger partial charge in [-0.3, -0.25) is 9.89 Å². The number of thiophene rings is 1. The number of nitrogens with one attached hydrogen (secondary N) is 2. The molecule has 0 aliphatic carbocycles. The van der Waals surface area contributed by atoms with E-state index in [4.69, 9.17) is 0 Å². The third-order valence-electron chi connectivity index (χ3n) is 3.26. The second kappa shape index (κ2) is 6.02. The lowest BCUT2D eigenvalue weighted by Gasteiger charge is -2.11. The summed E-state index contributed by atoms with van der Waals surface area (Å²) in [5, 5.41) is 12.1. The van der Waals surface area contributed by atoms with Gasteiger partial charge in [0.15, 0.2) is 0 Å². The number of hydrogen-bond acceptors (Lipinski definition) is 3. The molecule has 0 fully saturated rings. The predicted molar refractivity (Wildman–Crippen MR) is 77.1 cm³/mol. The molecule has 102 valence electrons. The summed E-state index contributed by atoms with van der Waals surface area (Å²) in [5.41, 5.74) is 3.05. The molecule has 2 rings (SSSR count). The van der Waals surface area contributed by atoms with Gasteiger partial charge in [-0.25, -0.2) is 0 Å². The summed E-state index contributed by atoms with van der Waals surface area (Å²) < 4.78 is 0. The standard InChI is InChI=1S/C14H19N3OS/c1-9(7-12-5-4-6-19-12)14(18)15-8-13-10(2)16-17-11(13)3/h4-6,9H,7-8H2,1-3H3,(H,15,18)(H,16,17)/t9-/m0/s1. The molecule has 4 nitrogen and oxygen atoms in total. The van der Waals surface area contributed by atoms with Crippen LogP contribution in [0.5, 0.6) is 0 Å². The van der Waals surface area contributed by atoms with Crippen molar-refractivity contribution in [1.82, 2.24) is 15.5 Å². The van der Waals surface area contributed by atoms with Crippen LogP contribution in [-0.4, -0.2) is 16.1 Å². The van der Waals surface area contributed by atoms with Crippen LogP contribution in [0.3, 0.4) is 0 Å². The molecular formula is C14H19N3OS. The van der Waals surface area contributed by atoms with E-state index in [-0.39, 0.29) is 11.8 Å². The van der Waals surface area contributed by atoms with E-state index in [0.717, 1.165) is 23.4 Å². The van der Waals surface area contributed by atoms with Crippen LogP contribution in [0.1, 0.15) is 28.8 Å². The monoisotopic (exact) mass is 277 g/mol. The van der Waals surface area contributed by atoms with Crippen molar-refractivity contribution in [2.75, 3.05) is 0 Å². The number of nitrogens with zero attached hydrogens (tertiary/aromatic N) is 1. The average Bonchev–Trinajstić information content (AvgIpc) is 2.98. The second-order valence-corrected chi connectivity index (χ2v) is 5.85. The molecule has 0 aliphatic rings. The van der Waals surface area contributed by atoms with Crippen molar-refractivity contribution in [3.8, 4) is 0 Å². The van der Waals surface area contributed by atoms with Crippen LogP contribution in [-0.2, 0) is 17.8 Å². The van der Waals surface area contributed by atoms with Crippen molar-refractivity contribution in [3.05, 3.63) is 39.3 Å². The molecule has 2 aromatic heterocycles. The summed E-state index contributed by atoms with van der Waals surface area (Å²) in [6.45, 7) is 6.42. The highest BCUT2D eigenvalue weighted by molar-refractivity contribution is 7.09. The molecule has 2 aromatic rings. The first-order valence-corrected chi connectivity index (χ1v) is 7.26. The largest absolute Gasteiger partial charge is 0.352 e. The first-order chi connectivity index (χ1) is 9.08. The van der Waals surface area contributed by atoms with Crippen molar-refractivity contribution >= 4 is 17.2 Å². The topological polar surface area (TPSA) is 57.8 Å². The molecule has 19 heavy (non-hydrogen) atoms. The highest BCUT2D eigenvalue weighted by atomic mass is 32.1. The minimum atomic E-state index is -0.00818. The van der Waals surface area contributed by atoms with E-state index in [2.05, 4.69) is 21.6 Å². The SMILES string of the molecule is Cc1n[nH]c(C)c1CNC(=O)[C@@H](C)Cc1cccs1. The van der Waals surface area contributed by atoms with Gasteiger partial charge in [-0.1, -0.05) is 13.0 Å². The Kier molecular flexibility index (Phi) is 4.37. The average molecular weight is 277 g/mol. The maximum absolute atomic E-state index is 12.0. The van der Waals surface area contributed by atoms with Gasteiger partial charge in [0.25, 0.3) is 0 Å². The van der Waals surface area contributed by atoms with E-state index in [9.17, 15) is 4.79 Å². The van der Waals surface area contributed by atoms with Crippen LogP contribution in [0.25, 0.3) is 0 Å². The highest BCUT2D eigenvalue weighted by Crippen LogP contribution is 2.15. The van der Waals surface area contributed by atoms with Crippen LogP contribution in [0, 0.1) is 19.8 Å². The highest BCUT2D eigenvalue weighted by Gasteiger charge is 2.15. The summed E-state index contributed by atoms with van der Waals surface area (Å²) in [4.78, 5) is 13.3. The fourth-order valence-electron chi connectivity index (χ4n) is 2.01. The fraction of sp³-hybridized carbons (Fsp3) is 0.429. The number of aromatic nitrogens is 2. The third-order valence-corrected chi connectivity index (χ3v) is 4.15. The van der Waals surface area contributed by atoms with Gasteiger partial charge in [-0.05, 0) is 31.7 Å². The maximum atomic E-state index is 12.0. The third kappa shape index (κ3) is 3.44. The van der Waals surface area contributed by atoms with Crippen LogP contribution >= 0.6 is 11.3 Å². The molecule has 5 heteroatoms. The van der Waals surface area contributed by atoms with Gasteiger partial charge in [0.05, 0.1) is 5.69 Å². The summed E-state index contributed by atoms with van der Waals surface area (Å²) in [5.74, 6) is 0.0829. The molecule has 1 atom stereocenters. The van der Waals surface area contributed by atoms with Crippen LogP contribution < -0.4 is 5.32 Å². The van der Waals surface area contributed by atoms with Crippen molar-refractivity contribution < 1.29 is 4.79 Å². The Morgan fingerprint density at radius 2 is 2.32 bits per heavy atom. The normalized spacial score (nSPS) is 12.4. The van der Waals surface area contributed by atoms with Crippen molar-refractivity contribution in [2.24, 2.45) is 5.92 Å². The lowest BCUT2D eigenvalue weighted by atomic mass is 10.1. The van der Waals surface area contributed by atoms with Gasteiger partial charge in [0.1, 0.15) is 0 Å². The van der Waals surface area contributed by atoms with E-state index in [1.807, 2.05) is 32.2 Å². The number of carbonyl (C=O) groups excluding carboxylic acids is 1. The van der Waals surface area contributed by atoms with Crippen LogP contribution in [0.15, 0.2) is 17.5 Å². The molecule has 0 spiro atoms.